The zero-order valence-corrected chi connectivity index (χ0v) is 16.6. The van der Waals surface area contributed by atoms with Crippen molar-refractivity contribution in [1.29, 1.82) is 0 Å². The fourth-order valence-corrected chi connectivity index (χ4v) is 4.23. The van der Waals surface area contributed by atoms with Crippen molar-refractivity contribution in [2.24, 2.45) is 0 Å². The minimum absolute atomic E-state index is 0.890. The molecule has 0 atom stereocenters. The molecule has 0 aliphatic carbocycles. The van der Waals surface area contributed by atoms with E-state index in [2.05, 4.69) is 91.9 Å². The molecule has 142 valence electrons. The van der Waals surface area contributed by atoms with E-state index in [1.165, 1.54) is 27.5 Å². The highest BCUT2D eigenvalue weighted by Gasteiger charge is 2.11. The molecule has 0 saturated heterocycles. The number of fused-ring (bicyclic) bond motifs is 4. The van der Waals surface area contributed by atoms with Gasteiger partial charge < -0.3 is 4.42 Å². The molecular formula is C28H19NO. The topological polar surface area (TPSA) is 26.0 Å². The molecule has 0 radical (unpaired) electrons. The summed E-state index contributed by atoms with van der Waals surface area (Å²) in [6.45, 7) is 2.10. The van der Waals surface area contributed by atoms with Crippen molar-refractivity contribution in [2.45, 2.75) is 6.92 Å². The van der Waals surface area contributed by atoms with E-state index < -0.39 is 0 Å². The van der Waals surface area contributed by atoms with Crippen LogP contribution in [0.1, 0.15) is 5.56 Å². The SMILES string of the molecule is Cc1cnc(-c2ccc3c(c2)oc2cc4ccccc4cc23)cc1-c1ccccc1. The third kappa shape index (κ3) is 2.69. The number of rotatable bonds is 2. The lowest BCUT2D eigenvalue weighted by molar-refractivity contribution is 0.669. The van der Waals surface area contributed by atoms with Gasteiger partial charge in [0.05, 0.1) is 5.69 Å². The number of aryl methyl sites for hydroxylation is 1. The van der Waals surface area contributed by atoms with Gasteiger partial charge in [0, 0.05) is 22.5 Å². The number of furan rings is 1. The van der Waals surface area contributed by atoms with Gasteiger partial charge in [0.25, 0.3) is 0 Å². The van der Waals surface area contributed by atoms with Gasteiger partial charge in [-0.2, -0.15) is 0 Å². The largest absolute Gasteiger partial charge is 0.456 e. The van der Waals surface area contributed by atoms with Crippen LogP contribution < -0.4 is 0 Å². The van der Waals surface area contributed by atoms with Crippen molar-refractivity contribution in [2.75, 3.05) is 0 Å². The van der Waals surface area contributed by atoms with Crippen LogP contribution in [-0.2, 0) is 0 Å². The van der Waals surface area contributed by atoms with Crippen molar-refractivity contribution in [3.05, 3.63) is 103 Å². The number of benzene rings is 4. The highest BCUT2D eigenvalue weighted by atomic mass is 16.3. The number of hydrogen-bond acceptors (Lipinski definition) is 2. The van der Waals surface area contributed by atoms with Crippen LogP contribution in [0.3, 0.4) is 0 Å². The van der Waals surface area contributed by atoms with Crippen molar-refractivity contribution in [3.8, 4) is 22.4 Å². The van der Waals surface area contributed by atoms with Gasteiger partial charge in [-0.1, -0.05) is 60.7 Å². The number of aromatic nitrogens is 1. The van der Waals surface area contributed by atoms with Gasteiger partial charge in [-0.25, -0.2) is 0 Å². The summed E-state index contributed by atoms with van der Waals surface area (Å²) in [7, 11) is 0. The Hall–Kier alpha value is -3.91. The summed E-state index contributed by atoms with van der Waals surface area (Å²) in [5.41, 5.74) is 7.40. The average molecular weight is 385 g/mol. The molecule has 4 aromatic carbocycles. The summed E-state index contributed by atoms with van der Waals surface area (Å²) in [5, 5.41) is 4.70. The predicted octanol–water partition coefficient (Wildman–Crippen LogP) is 7.78. The summed E-state index contributed by atoms with van der Waals surface area (Å²) in [6, 6.07) is 31.7. The maximum absolute atomic E-state index is 6.23. The highest BCUT2D eigenvalue weighted by Crippen LogP contribution is 2.35. The van der Waals surface area contributed by atoms with E-state index in [-0.39, 0.29) is 0 Å². The maximum atomic E-state index is 6.23. The standard InChI is InChI=1S/C28H19NO/c1-18-17-29-26(16-24(18)19-7-3-2-4-8-19)22-11-12-23-25-13-20-9-5-6-10-21(20)14-28(25)30-27(23)15-22/h2-17H,1H3. The summed E-state index contributed by atoms with van der Waals surface area (Å²) in [5.74, 6) is 0. The van der Waals surface area contributed by atoms with E-state index in [0.717, 1.165) is 33.2 Å². The third-order valence-corrected chi connectivity index (χ3v) is 5.82. The maximum Gasteiger partial charge on any atom is 0.136 e. The molecule has 2 nitrogen and oxygen atoms in total. The molecule has 6 rings (SSSR count). The van der Waals surface area contributed by atoms with E-state index in [4.69, 9.17) is 9.40 Å². The molecule has 0 saturated carbocycles. The normalized spacial score (nSPS) is 11.5. The number of pyridine rings is 1. The molecule has 0 bridgehead atoms. The highest BCUT2D eigenvalue weighted by molar-refractivity contribution is 6.10. The first-order chi connectivity index (χ1) is 14.8. The molecule has 2 heteroatoms. The van der Waals surface area contributed by atoms with Crippen LogP contribution in [0.2, 0.25) is 0 Å². The molecule has 0 amide bonds. The van der Waals surface area contributed by atoms with Crippen molar-refractivity contribution in [1.82, 2.24) is 4.98 Å². The average Bonchev–Trinajstić information content (AvgIpc) is 3.15. The van der Waals surface area contributed by atoms with Crippen LogP contribution in [0.25, 0.3) is 55.1 Å². The fourth-order valence-electron chi connectivity index (χ4n) is 4.23. The number of nitrogens with zero attached hydrogens (tertiary/aromatic N) is 1. The Labute approximate surface area is 174 Å². The summed E-state index contributed by atoms with van der Waals surface area (Å²) >= 11 is 0. The zero-order valence-electron chi connectivity index (χ0n) is 16.6. The van der Waals surface area contributed by atoms with Crippen molar-refractivity contribution < 1.29 is 4.42 Å². The summed E-state index contributed by atoms with van der Waals surface area (Å²) in [4.78, 5) is 4.70. The third-order valence-electron chi connectivity index (χ3n) is 5.82. The molecule has 2 heterocycles. The van der Waals surface area contributed by atoms with E-state index in [1.807, 2.05) is 12.3 Å². The Bertz CT molecular complexity index is 1540. The van der Waals surface area contributed by atoms with E-state index in [0.29, 0.717) is 0 Å². The van der Waals surface area contributed by atoms with Crippen LogP contribution in [-0.4, -0.2) is 4.98 Å². The lowest BCUT2D eigenvalue weighted by Crippen LogP contribution is -1.89. The second-order valence-corrected chi connectivity index (χ2v) is 7.76. The van der Waals surface area contributed by atoms with E-state index >= 15 is 0 Å². The predicted molar refractivity (Wildman–Crippen MR) is 125 cm³/mol. The molecule has 0 aliphatic heterocycles. The van der Waals surface area contributed by atoms with Crippen LogP contribution in [0.5, 0.6) is 0 Å². The van der Waals surface area contributed by atoms with E-state index in [1.54, 1.807) is 0 Å². The van der Waals surface area contributed by atoms with Crippen molar-refractivity contribution in [3.63, 3.8) is 0 Å². The van der Waals surface area contributed by atoms with Gasteiger partial charge in [-0.3, -0.25) is 4.98 Å². The Morgan fingerprint density at radius 1 is 0.633 bits per heavy atom. The number of hydrogen-bond donors (Lipinski definition) is 0. The lowest BCUT2D eigenvalue weighted by Gasteiger charge is -2.09. The van der Waals surface area contributed by atoms with Crippen LogP contribution in [0.4, 0.5) is 0 Å². The quantitative estimate of drug-likeness (QED) is 0.304. The second kappa shape index (κ2) is 6.57. The summed E-state index contributed by atoms with van der Waals surface area (Å²) in [6.07, 6.45) is 1.95. The minimum Gasteiger partial charge on any atom is -0.456 e. The Balaban J connectivity index is 1.52. The lowest BCUT2D eigenvalue weighted by atomic mass is 9.99. The van der Waals surface area contributed by atoms with E-state index in [9.17, 15) is 0 Å². The molecule has 6 aromatic rings. The smallest absolute Gasteiger partial charge is 0.136 e. The fraction of sp³-hybridized carbons (Fsp3) is 0.0357. The van der Waals surface area contributed by atoms with Crippen LogP contribution in [0.15, 0.2) is 102 Å². The minimum atomic E-state index is 0.890. The molecule has 0 spiro atoms. The second-order valence-electron chi connectivity index (χ2n) is 7.76. The molecule has 2 aromatic heterocycles. The molecule has 0 fully saturated rings. The van der Waals surface area contributed by atoms with Gasteiger partial charge in [0.1, 0.15) is 11.2 Å². The molecule has 0 unspecified atom stereocenters. The Morgan fingerprint density at radius 3 is 2.20 bits per heavy atom. The Kier molecular flexibility index (Phi) is 3.72. The molecule has 30 heavy (non-hydrogen) atoms. The van der Waals surface area contributed by atoms with Gasteiger partial charge >= 0.3 is 0 Å². The first-order valence-electron chi connectivity index (χ1n) is 10.1. The zero-order chi connectivity index (χ0) is 20.1. The van der Waals surface area contributed by atoms with Crippen LogP contribution in [0, 0.1) is 6.92 Å². The summed E-state index contributed by atoms with van der Waals surface area (Å²) < 4.78 is 6.23. The first-order valence-corrected chi connectivity index (χ1v) is 10.1. The van der Waals surface area contributed by atoms with Crippen LogP contribution >= 0.6 is 0 Å². The van der Waals surface area contributed by atoms with Gasteiger partial charge in [-0.05, 0) is 64.7 Å². The van der Waals surface area contributed by atoms with Gasteiger partial charge in [0.2, 0.25) is 0 Å². The molecule has 0 aliphatic rings. The van der Waals surface area contributed by atoms with Gasteiger partial charge in [0.15, 0.2) is 0 Å². The molecule has 0 N–H and O–H groups in total. The Morgan fingerprint density at radius 2 is 1.37 bits per heavy atom. The molecular weight excluding hydrogens is 366 g/mol. The van der Waals surface area contributed by atoms with Gasteiger partial charge in [-0.15, -0.1) is 0 Å². The van der Waals surface area contributed by atoms with Crippen molar-refractivity contribution >= 4 is 32.7 Å². The first kappa shape index (κ1) is 17.0. The monoisotopic (exact) mass is 385 g/mol.